The molecule has 1 aliphatic heterocycles. The molecule has 1 aromatic heterocycles. The molecule has 3 N–H and O–H groups in total. The molecule has 0 fully saturated rings. The fourth-order valence-corrected chi connectivity index (χ4v) is 4.67. The number of anilines is 1. The number of hydrogen-bond acceptors (Lipinski definition) is 5. The number of carboxylic acid groups (broad SMARTS) is 1. The number of nitrogens with one attached hydrogen (secondary N) is 1. The second-order valence-electron chi connectivity index (χ2n) is 9.31. The SMILES string of the molecule is C[C@H](NC(=O)c1c(C(F)(F)F)nn2c1N(CC1=CCCC(C(F)(F)F)=C1)C[C@H]2CO)c1ccc(C(=O)O)cc1. The Morgan fingerprint density at radius 3 is 2.36 bits per heavy atom. The largest absolute Gasteiger partial charge is 0.478 e. The van der Waals surface area contributed by atoms with Crippen LogP contribution in [0.3, 0.4) is 0 Å². The lowest BCUT2D eigenvalue weighted by Gasteiger charge is -2.24. The van der Waals surface area contributed by atoms with Crippen molar-refractivity contribution in [2.45, 2.75) is 44.2 Å². The molecule has 1 aromatic carbocycles. The van der Waals surface area contributed by atoms with Gasteiger partial charge in [0.1, 0.15) is 11.4 Å². The Labute approximate surface area is 218 Å². The van der Waals surface area contributed by atoms with Crippen LogP contribution >= 0.6 is 0 Å². The number of aromatic nitrogens is 2. The van der Waals surface area contributed by atoms with Crippen molar-refractivity contribution >= 4 is 17.7 Å². The van der Waals surface area contributed by atoms with Gasteiger partial charge in [-0.25, -0.2) is 9.48 Å². The number of hydrogen-bond donors (Lipinski definition) is 3. The van der Waals surface area contributed by atoms with Crippen molar-refractivity contribution in [2.24, 2.45) is 0 Å². The molecule has 0 radical (unpaired) electrons. The van der Waals surface area contributed by atoms with E-state index in [2.05, 4.69) is 10.4 Å². The maximum absolute atomic E-state index is 14.0. The van der Waals surface area contributed by atoms with E-state index in [9.17, 15) is 41.0 Å². The van der Waals surface area contributed by atoms with Crippen molar-refractivity contribution in [2.75, 3.05) is 24.6 Å². The van der Waals surface area contributed by atoms with Crippen molar-refractivity contribution in [3.63, 3.8) is 0 Å². The van der Waals surface area contributed by atoms with E-state index >= 15 is 0 Å². The summed E-state index contributed by atoms with van der Waals surface area (Å²) in [5, 5.41) is 24.9. The summed E-state index contributed by atoms with van der Waals surface area (Å²) in [6.45, 7) is 0.579. The minimum absolute atomic E-state index is 0.0171. The number of rotatable bonds is 7. The molecule has 0 unspecified atom stereocenters. The van der Waals surface area contributed by atoms with Crippen LogP contribution in [0.5, 0.6) is 0 Å². The zero-order valence-electron chi connectivity index (χ0n) is 20.5. The van der Waals surface area contributed by atoms with Gasteiger partial charge in [0.25, 0.3) is 5.91 Å². The third kappa shape index (κ3) is 5.79. The minimum Gasteiger partial charge on any atom is -0.478 e. The van der Waals surface area contributed by atoms with Gasteiger partial charge in [0.2, 0.25) is 0 Å². The van der Waals surface area contributed by atoms with Crippen LogP contribution in [-0.4, -0.2) is 57.7 Å². The summed E-state index contributed by atoms with van der Waals surface area (Å²) in [7, 11) is 0. The fourth-order valence-electron chi connectivity index (χ4n) is 4.67. The fraction of sp³-hybridized carbons (Fsp3) is 0.400. The zero-order chi connectivity index (χ0) is 28.7. The first kappa shape index (κ1) is 28.2. The summed E-state index contributed by atoms with van der Waals surface area (Å²) in [6.07, 6.45) is -7.22. The predicted molar refractivity (Wildman–Crippen MR) is 126 cm³/mol. The third-order valence-corrected chi connectivity index (χ3v) is 6.59. The molecule has 14 heteroatoms. The molecule has 210 valence electrons. The highest BCUT2D eigenvalue weighted by Gasteiger charge is 2.46. The van der Waals surface area contributed by atoms with Gasteiger partial charge in [0.05, 0.1) is 24.3 Å². The Morgan fingerprint density at radius 2 is 1.79 bits per heavy atom. The van der Waals surface area contributed by atoms with Crippen LogP contribution in [0.1, 0.15) is 63.8 Å². The molecular formula is C25H24F6N4O4. The molecule has 2 heterocycles. The minimum atomic E-state index is -5.05. The van der Waals surface area contributed by atoms with Crippen molar-refractivity contribution in [3.05, 3.63) is 69.9 Å². The Morgan fingerprint density at radius 1 is 1.13 bits per heavy atom. The van der Waals surface area contributed by atoms with Gasteiger partial charge in [-0.05, 0) is 49.1 Å². The van der Waals surface area contributed by atoms with E-state index < -0.39 is 59.8 Å². The van der Waals surface area contributed by atoms with Crippen LogP contribution in [-0.2, 0) is 6.18 Å². The van der Waals surface area contributed by atoms with Gasteiger partial charge in [-0.2, -0.15) is 31.4 Å². The molecule has 4 rings (SSSR count). The molecule has 0 bridgehead atoms. The number of carbonyl (C=O) groups is 2. The van der Waals surface area contributed by atoms with Gasteiger partial charge < -0.3 is 20.4 Å². The first-order valence-electron chi connectivity index (χ1n) is 11.9. The summed E-state index contributed by atoms with van der Waals surface area (Å²) in [5.41, 5.74) is -2.45. The maximum Gasteiger partial charge on any atom is 0.436 e. The number of fused-ring (bicyclic) bond motifs is 1. The lowest BCUT2D eigenvalue weighted by atomic mass is 9.98. The number of carbonyl (C=O) groups excluding carboxylic acids is 1. The third-order valence-electron chi connectivity index (χ3n) is 6.59. The predicted octanol–water partition coefficient (Wildman–Crippen LogP) is 4.65. The number of amides is 1. The molecule has 0 saturated carbocycles. The van der Waals surface area contributed by atoms with E-state index in [1.165, 1.54) is 36.1 Å². The van der Waals surface area contributed by atoms with Gasteiger partial charge in [-0.1, -0.05) is 18.2 Å². The number of nitrogens with zero attached hydrogens (tertiary/aromatic N) is 3. The highest BCUT2D eigenvalue weighted by Crippen LogP contribution is 2.42. The molecule has 0 spiro atoms. The summed E-state index contributed by atoms with van der Waals surface area (Å²) >= 11 is 0. The second kappa shape index (κ2) is 10.4. The number of allylic oxidation sites excluding steroid dienone is 2. The number of benzene rings is 1. The van der Waals surface area contributed by atoms with E-state index in [1.54, 1.807) is 6.08 Å². The van der Waals surface area contributed by atoms with Crippen molar-refractivity contribution in [1.29, 1.82) is 0 Å². The molecule has 0 saturated heterocycles. The Hall–Kier alpha value is -3.81. The average Bonchev–Trinajstić information content (AvgIpc) is 3.42. The van der Waals surface area contributed by atoms with E-state index in [0.29, 0.717) is 5.56 Å². The molecule has 39 heavy (non-hydrogen) atoms. The van der Waals surface area contributed by atoms with Gasteiger partial charge in [-0.3, -0.25) is 4.79 Å². The van der Waals surface area contributed by atoms with Crippen LogP contribution in [0.25, 0.3) is 0 Å². The Balaban J connectivity index is 1.69. The van der Waals surface area contributed by atoms with Gasteiger partial charge in [0.15, 0.2) is 5.69 Å². The summed E-state index contributed by atoms with van der Waals surface area (Å²) in [4.78, 5) is 25.7. The summed E-state index contributed by atoms with van der Waals surface area (Å²) in [6, 6.07) is 3.60. The Kier molecular flexibility index (Phi) is 7.52. The molecule has 1 aliphatic carbocycles. The normalized spacial score (nSPS) is 18.4. The molecular weight excluding hydrogens is 534 g/mol. The van der Waals surface area contributed by atoms with Gasteiger partial charge >= 0.3 is 18.3 Å². The van der Waals surface area contributed by atoms with Crippen LogP contribution in [0.4, 0.5) is 32.2 Å². The maximum atomic E-state index is 14.0. The van der Waals surface area contributed by atoms with Crippen molar-refractivity contribution in [3.8, 4) is 0 Å². The monoisotopic (exact) mass is 558 g/mol. The topological polar surface area (TPSA) is 108 Å². The van der Waals surface area contributed by atoms with Crippen LogP contribution < -0.4 is 10.2 Å². The number of aromatic carboxylic acids is 1. The standard InChI is InChI=1S/C25H24F6N4O4/c1-13(15-5-7-16(8-6-15)23(38)39)32-21(37)19-20(25(29,30)31)33-35-18(12-36)11-34(22(19)35)10-14-3-2-4-17(9-14)24(26,27)28/h3,5-9,13,18,36H,2,4,10-12H2,1H3,(H,32,37)(H,38,39)/t13-,18-/m0/s1. The van der Waals surface area contributed by atoms with E-state index in [1.807, 2.05) is 0 Å². The smallest absolute Gasteiger partial charge is 0.436 e. The number of halogens is 6. The molecule has 2 aromatic rings. The lowest BCUT2D eigenvalue weighted by molar-refractivity contribution is -0.142. The number of alkyl halides is 6. The highest BCUT2D eigenvalue weighted by molar-refractivity contribution is 6.01. The quantitative estimate of drug-likeness (QED) is 0.427. The van der Waals surface area contributed by atoms with Crippen molar-refractivity contribution < 1.29 is 46.1 Å². The molecule has 2 atom stereocenters. The average molecular weight is 558 g/mol. The summed E-state index contributed by atoms with van der Waals surface area (Å²) in [5.74, 6) is -2.57. The zero-order valence-corrected chi connectivity index (χ0v) is 20.5. The first-order valence-corrected chi connectivity index (χ1v) is 11.9. The Bertz CT molecular complexity index is 1330. The number of carboxylic acids is 1. The van der Waals surface area contributed by atoms with Gasteiger partial charge in [-0.15, -0.1) is 0 Å². The lowest BCUT2D eigenvalue weighted by Crippen LogP contribution is -2.32. The van der Waals surface area contributed by atoms with E-state index in [0.717, 1.165) is 10.8 Å². The van der Waals surface area contributed by atoms with Gasteiger partial charge in [0, 0.05) is 18.7 Å². The number of aliphatic hydroxyl groups is 1. The van der Waals surface area contributed by atoms with Crippen LogP contribution in [0, 0.1) is 0 Å². The van der Waals surface area contributed by atoms with Crippen molar-refractivity contribution in [1.82, 2.24) is 15.1 Å². The van der Waals surface area contributed by atoms with E-state index in [-0.39, 0.29) is 42.9 Å². The van der Waals surface area contributed by atoms with Crippen LogP contribution in [0.2, 0.25) is 0 Å². The second-order valence-corrected chi connectivity index (χ2v) is 9.31. The molecule has 8 nitrogen and oxygen atoms in total. The molecule has 2 aliphatic rings. The molecule has 1 amide bonds. The highest BCUT2D eigenvalue weighted by atomic mass is 19.4. The number of aliphatic hydroxyl groups excluding tert-OH is 1. The summed E-state index contributed by atoms with van der Waals surface area (Å²) < 4.78 is 82.6. The first-order chi connectivity index (χ1) is 18.2. The van der Waals surface area contributed by atoms with Crippen LogP contribution in [0.15, 0.2) is 47.6 Å². The van der Waals surface area contributed by atoms with E-state index in [4.69, 9.17) is 5.11 Å².